The van der Waals surface area contributed by atoms with Crippen molar-refractivity contribution < 1.29 is 23.0 Å². The van der Waals surface area contributed by atoms with Crippen molar-refractivity contribution in [2.24, 2.45) is 0 Å². The lowest BCUT2D eigenvalue weighted by atomic mass is 10.1. The standard InChI is InChI=1S/C20H19F2N3O3S/c1-3-25-18(14-6-8-15(27-2)9-7-14)23-24-20(25)29-12-17(26)13-4-10-16(11-5-13)28-19(21)22/h4-11,19H,3,12H2,1-2H3. The van der Waals surface area contributed by atoms with E-state index in [1.807, 2.05) is 35.8 Å². The maximum Gasteiger partial charge on any atom is 0.387 e. The van der Waals surface area contributed by atoms with Crippen LogP contribution in [0, 0.1) is 0 Å². The molecule has 0 radical (unpaired) electrons. The molecule has 0 amide bonds. The van der Waals surface area contributed by atoms with Gasteiger partial charge in [0, 0.05) is 17.7 Å². The fourth-order valence-electron chi connectivity index (χ4n) is 2.67. The molecule has 0 atom stereocenters. The minimum Gasteiger partial charge on any atom is -0.497 e. The lowest BCUT2D eigenvalue weighted by Gasteiger charge is -2.08. The number of hydrogen-bond donors (Lipinski definition) is 0. The van der Waals surface area contributed by atoms with Crippen LogP contribution in [-0.2, 0) is 6.54 Å². The Balaban J connectivity index is 1.68. The summed E-state index contributed by atoms with van der Waals surface area (Å²) in [4.78, 5) is 12.4. The van der Waals surface area contributed by atoms with E-state index in [4.69, 9.17) is 4.74 Å². The first-order chi connectivity index (χ1) is 14.0. The molecule has 1 aromatic heterocycles. The van der Waals surface area contributed by atoms with Gasteiger partial charge in [-0.2, -0.15) is 8.78 Å². The Bertz CT molecular complexity index is 960. The van der Waals surface area contributed by atoms with Gasteiger partial charge in [0.05, 0.1) is 12.9 Å². The summed E-state index contributed by atoms with van der Waals surface area (Å²) in [5.41, 5.74) is 1.31. The highest BCUT2D eigenvalue weighted by molar-refractivity contribution is 7.99. The van der Waals surface area contributed by atoms with E-state index in [9.17, 15) is 13.6 Å². The number of rotatable bonds is 9. The Labute approximate surface area is 170 Å². The van der Waals surface area contributed by atoms with Gasteiger partial charge in [-0.05, 0) is 55.5 Å². The molecule has 0 saturated heterocycles. The van der Waals surface area contributed by atoms with Crippen LogP contribution in [0.5, 0.6) is 11.5 Å². The second-order valence-corrected chi connectivity index (χ2v) is 6.84. The minimum absolute atomic E-state index is 0.0130. The van der Waals surface area contributed by atoms with Crippen LogP contribution in [0.25, 0.3) is 11.4 Å². The Morgan fingerprint density at radius 3 is 2.31 bits per heavy atom. The highest BCUT2D eigenvalue weighted by Crippen LogP contribution is 2.26. The summed E-state index contributed by atoms with van der Waals surface area (Å²) in [6.07, 6.45) is 0. The molecule has 0 fully saturated rings. The Hall–Kier alpha value is -2.94. The molecular weight excluding hydrogens is 400 g/mol. The molecule has 0 N–H and O–H groups in total. The van der Waals surface area contributed by atoms with Crippen LogP contribution in [0.2, 0.25) is 0 Å². The van der Waals surface area contributed by atoms with E-state index < -0.39 is 6.61 Å². The number of thioether (sulfide) groups is 1. The summed E-state index contributed by atoms with van der Waals surface area (Å²) in [7, 11) is 1.61. The molecule has 0 aliphatic carbocycles. The molecule has 0 unspecified atom stereocenters. The molecule has 6 nitrogen and oxygen atoms in total. The normalized spacial score (nSPS) is 10.9. The van der Waals surface area contributed by atoms with Crippen molar-refractivity contribution in [3.05, 3.63) is 54.1 Å². The third-order valence-corrected chi connectivity index (χ3v) is 5.08. The van der Waals surface area contributed by atoms with E-state index in [-0.39, 0.29) is 17.3 Å². The average molecular weight is 419 g/mol. The molecule has 0 aliphatic rings. The van der Waals surface area contributed by atoms with Gasteiger partial charge in [0.15, 0.2) is 16.8 Å². The zero-order chi connectivity index (χ0) is 20.8. The number of alkyl halides is 2. The molecule has 9 heteroatoms. The van der Waals surface area contributed by atoms with Gasteiger partial charge in [0.1, 0.15) is 11.5 Å². The van der Waals surface area contributed by atoms with E-state index in [0.717, 1.165) is 11.3 Å². The van der Waals surface area contributed by atoms with Crippen LogP contribution >= 0.6 is 11.8 Å². The zero-order valence-electron chi connectivity index (χ0n) is 15.8. The summed E-state index contributed by atoms with van der Waals surface area (Å²) in [6, 6.07) is 13.1. The second kappa shape index (κ2) is 9.51. The lowest BCUT2D eigenvalue weighted by Crippen LogP contribution is -2.06. The predicted octanol–water partition coefficient (Wildman–Crippen LogP) is 4.55. The Morgan fingerprint density at radius 2 is 1.72 bits per heavy atom. The monoisotopic (exact) mass is 419 g/mol. The number of halogens is 2. The quantitative estimate of drug-likeness (QED) is 0.374. The van der Waals surface area contributed by atoms with Crippen LogP contribution < -0.4 is 9.47 Å². The van der Waals surface area contributed by atoms with Crippen molar-refractivity contribution in [1.29, 1.82) is 0 Å². The van der Waals surface area contributed by atoms with E-state index >= 15 is 0 Å². The summed E-state index contributed by atoms with van der Waals surface area (Å²) in [5.74, 6) is 1.48. The number of benzene rings is 2. The van der Waals surface area contributed by atoms with Crippen LogP contribution in [0.1, 0.15) is 17.3 Å². The molecule has 29 heavy (non-hydrogen) atoms. The van der Waals surface area contributed by atoms with Crippen molar-refractivity contribution in [2.45, 2.75) is 25.2 Å². The Kier molecular flexibility index (Phi) is 6.82. The molecule has 152 valence electrons. The minimum atomic E-state index is -2.90. The van der Waals surface area contributed by atoms with Crippen LogP contribution in [0.3, 0.4) is 0 Å². The van der Waals surface area contributed by atoms with E-state index in [1.165, 1.54) is 36.0 Å². The zero-order valence-corrected chi connectivity index (χ0v) is 16.7. The number of hydrogen-bond acceptors (Lipinski definition) is 6. The van der Waals surface area contributed by atoms with Crippen molar-refractivity contribution in [3.63, 3.8) is 0 Å². The summed E-state index contributed by atoms with van der Waals surface area (Å²) in [6.45, 7) is -0.276. The molecule has 3 rings (SSSR count). The number of aromatic nitrogens is 3. The van der Waals surface area contributed by atoms with E-state index in [0.29, 0.717) is 23.1 Å². The highest BCUT2D eigenvalue weighted by Gasteiger charge is 2.16. The molecule has 0 saturated carbocycles. The molecule has 0 spiro atoms. The first-order valence-corrected chi connectivity index (χ1v) is 9.79. The molecule has 3 aromatic rings. The van der Waals surface area contributed by atoms with Crippen molar-refractivity contribution in [2.75, 3.05) is 12.9 Å². The maximum absolute atomic E-state index is 12.4. The number of nitrogens with zero attached hydrogens (tertiary/aromatic N) is 3. The third kappa shape index (κ3) is 5.11. The number of carbonyl (C=O) groups is 1. The second-order valence-electron chi connectivity index (χ2n) is 5.89. The van der Waals surface area contributed by atoms with Gasteiger partial charge in [0.2, 0.25) is 0 Å². The van der Waals surface area contributed by atoms with E-state index in [2.05, 4.69) is 14.9 Å². The van der Waals surface area contributed by atoms with Gasteiger partial charge in [-0.1, -0.05) is 11.8 Å². The SMILES string of the molecule is CCn1c(SCC(=O)c2ccc(OC(F)F)cc2)nnc1-c1ccc(OC)cc1. The van der Waals surface area contributed by atoms with Crippen LogP contribution in [0.15, 0.2) is 53.7 Å². The molecule has 1 heterocycles. The number of ketones is 1. The molecule has 2 aromatic carbocycles. The van der Waals surface area contributed by atoms with Crippen LogP contribution in [-0.4, -0.2) is 40.0 Å². The molecular formula is C20H19F2N3O3S. The first kappa shape index (κ1) is 20.8. The number of methoxy groups -OCH3 is 1. The van der Waals surface area contributed by atoms with Crippen molar-refractivity contribution in [1.82, 2.24) is 14.8 Å². The largest absolute Gasteiger partial charge is 0.497 e. The Morgan fingerprint density at radius 1 is 1.07 bits per heavy atom. The van der Waals surface area contributed by atoms with Gasteiger partial charge >= 0.3 is 6.61 Å². The van der Waals surface area contributed by atoms with Gasteiger partial charge in [-0.3, -0.25) is 4.79 Å². The predicted molar refractivity (Wildman–Crippen MR) is 106 cm³/mol. The number of ether oxygens (including phenoxy) is 2. The first-order valence-electron chi connectivity index (χ1n) is 8.80. The van der Waals surface area contributed by atoms with E-state index in [1.54, 1.807) is 7.11 Å². The summed E-state index contributed by atoms with van der Waals surface area (Å²) < 4.78 is 35.8. The van der Waals surface area contributed by atoms with Gasteiger partial charge < -0.3 is 14.0 Å². The molecule has 0 aliphatic heterocycles. The van der Waals surface area contributed by atoms with Gasteiger partial charge in [-0.25, -0.2) is 0 Å². The van der Waals surface area contributed by atoms with Crippen molar-refractivity contribution >= 4 is 17.5 Å². The smallest absolute Gasteiger partial charge is 0.387 e. The number of Topliss-reactive ketones (excluding diaryl/α,β-unsaturated/α-hetero) is 1. The summed E-state index contributed by atoms with van der Waals surface area (Å²) in [5, 5.41) is 9.09. The van der Waals surface area contributed by atoms with Crippen molar-refractivity contribution in [3.8, 4) is 22.9 Å². The summed E-state index contributed by atoms with van der Waals surface area (Å²) >= 11 is 1.28. The third-order valence-electron chi connectivity index (χ3n) is 4.12. The molecule has 0 bridgehead atoms. The maximum atomic E-state index is 12.4. The lowest BCUT2D eigenvalue weighted by molar-refractivity contribution is -0.0498. The average Bonchev–Trinajstić information content (AvgIpc) is 3.15. The van der Waals surface area contributed by atoms with Crippen LogP contribution in [0.4, 0.5) is 8.78 Å². The highest BCUT2D eigenvalue weighted by atomic mass is 32.2. The van der Waals surface area contributed by atoms with Gasteiger partial charge in [-0.15, -0.1) is 10.2 Å². The fraction of sp³-hybridized carbons (Fsp3) is 0.250. The van der Waals surface area contributed by atoms with Gasteiger partial charge in [0.25, 0.3) is 0 Å². The number of carbonyl (C=O) groups excluding carboxylic acids is 1. The fourth-order valence-corrected chi connectivity index (χ4v) is 3.57. The topological polar surface area (TPSA) is 66.2 Å².